The van der Waals surface area contributed by atoms with Crippen molar-refractivity contribution >= 4 is 49.4 Å². The standard InChI is InChI=1S/C28H28N4O2S/c1-4-5-6-15-32-24-14-13-19(27(33)34-3)17-23(24)30-26(32)21-11-8-12-22-25(21)35-28(31-22)29-20-10-7-9-18(2)16-20/h7-14,16-17H,4-6,15H2,1-3H3,(H,29,31). The number of methoxy groups -OCH3 is 1. The molecule has 0 saturated heterocycles. The summed E-state index contributed by atoms with van der Waals surface area (Å²) in [5.74, 6) is 0.542. The van der Waals surface area contributed by atoms with Gasteiger partial charge in [-0.3, -0.25) is 0 Å². The van der Waals surface area contributed by atoms with Gasteiger partial charge in [0.25, 0.3) is 0 Å². The van der Waals surface area contributed by atoms with Gasteiger partial charge in [-0.1, -0.05) is 49.3 Å². The summed E-state index contributed by atoms with van der Waals surface area (Å²) in [6.07, 6.45) is 3.36. The average Bonchev–Trinajstić information content (AvgIpc) is 3.44. The van der Waals surface area contributed by atoms with Gasteiger partial charge in [-0.15, -0.1) is 0 Å². The van der Waals surface area contributed by atoms with Crippen LogP contribution in [0.3, 0.4) is 0 Å². The number of aromatic nitrogens is 3. The highest BCUT2D eigenvalue weighted by atomic mass is 32.1. The fourth-order valence-electron chi connectivity index (χ4n) is 4.35. The van der Waals surface area contributed by atoms with Crippen molar-refractivity contribution in [1.29, 1.82) is 0 Å². The molecular weight excluding hydrogens is 456 g/mol. The molecule has 0 bridgehead atoms. The number of carbonyl (C=O) groups is 1. The number of carbonyl (C=O) groups excluding carboxylic acids is 1. The van der Waals surface area contributed by atoms with E-state index in [1.165, 1.54) is 12.7 Å². The molecule has 1 N–H and O–H groups in total. The van der Waals surface area contributed by atoms with Crippen LogP contribution >= 0.6 is 11.3 Å². The van der Waals surface area contributed by atoms with Gasteiger partial charge >= 0.3 is 5.97 Å². The van der Waals surface area contributed by atoms with Crippen LogP contribution in [0, 0.1) is 6.92 Å². The third-order valence-electron chi connectivity index (χ3n) is 6.08. The van der Waals surface area contributed by atoms with E-state index < -0.39 is 0 Å². The highest BCUT2D eigenvalue weighted by Gasteiger charge is 2.18. The maximum atomic E-state index is 12.1. The molecular formula is C28H28N4O2S. The summed E-state index contributed by atoms with van der Waals surface area (Å²) in [6.45, 7) is 5.15. The Bertz CT molecular complexity index is 1520. The molecule has 5 aromatic rings. The van der Waals surface area contributed by atoms with E-state index in [4.69, 9.17) is 14.7 Å². The van der Waals surface area contributed by atoms with Crippen molar-refractivity contribution < 1.29 is 9.53 Å². The van der Waals surface area contributed by atoms with Crippen LogP contribution in [0.25, 0.3) is 32.6 Å². The van der Waals surface area contributed by atoms with E-state index in [-0.39, 0.29) is 5.97 Å². The van der Waals surface area contributed by atoms with Crippen molar-refractivity contribution in [2.45, 2.75) is 39.7 Å². The van der Waals surface area contributed by atoms with Crippen LogP contribution in [0.1, 0.15) is 42.1 Å². The molecule has 0 aliphatic carbocycles. The molecule has 2 aromatic heterocycles. The van der Waals surface area contributed by atoms with Crippen LogP contribution in [0.4, 0.5) is 10.8 Å². The number of unbranched alkanes of at least 4 members (excludes halogenated alkanes) is 2. The molecule has 178 valence electrons. The molecule has 0 saturated carbocycles. The summed E-state index contributed by atoms with van der Waals surface area (Å²) in [4.78, 5) is 22.0. The molecule has 0 aliphatic heterocycles. The lowest BCUT2D eigenvalue weighted by Gasteiger charge is -2.10. The predicted molar refractivity (Wildman–Crippen MR) is 144 cm³/mol. The largest absolute Gasteiger partial charge is 0.465 e. The maximum absolute atomic E-state index is 12.1. The van der Waals surface area contributed by atoms with Gasteiger partial charge in [0.2, 0.25) is 0 Å². The van der Waals surface area contributed by atoms with Crippen molar-refractivity contribution in [3.63, 3.8) is 0 Å². The van der Waals surface area contributed by atoms with E-state index in [1.807, 2.05) is 42.5 Å². The number of fused-ring (bicyclic) bond motifs is 2. The summed E-state index contributed by atoms with van der Waals surface area (Å²) < 4.78 is 8.27. The molecule has 5 rings (SSSR count). The first-order valence-corrected chi connectivity index (χ1v) is 12.7. The Hall–Kier alpha value is -3.71. The van der Waals surface area contributed by atoms with E-state index in [0.29, 0.717) is 5.56 Å². The summed E-state index contributed by atoms with van der Waals surface area (Å²) in [5, 5.41) is 4.30. The molecule has 0 aliphatic rings. The van der Waals surface area contributed by atoms with Crippen molar-refractivity contribution in [2.75, 3.05) is 12.4 Å². The van der Waals surface area contributed by atoms with Crippen molar-refractivity contribution in [1.82, 2.24) is 14.5 Å². The lowest BCUT2D eigenvalue weighted by Crippen LogP contribution is -2.02. The Balaban J connectivity index is 1.61. The van der Waals surface area contributed by atoms with Crippen molar-refractivity contribution in [2.24, 2.45) is 0 Å². The number of nitrogens with one attached hydrogen (secondary N) is 1. The first-order chi connectivity index (χ1) is 17.1. The first kappa shape index (κ1) is 23.1. The highest BCUT2D eigenvalue weighted by Crippen LogP contribution is 2.37. The third-order valence-corrected chi connectivity index (χ3v) is 7.10. The zero-order valence-electron chi connectivity index (χ0n) is 20.2. The second-order valence-corrected chi connectivity index (χ2v) is 9.66. The van der Waals surface area contributed by atoms with Gasteiger partial charge in [0.1, 0.15) is 5.82 Å². The zero-order valence-corrected chi connectivity index (χ0v) is 21.0. The number of ether oxygens (including phenoxy) is 1. The third kappa shape index (κ3) is 4.64. The summed E-state index contributed by atoms with van der Waals surface area (Å²) in [7, 11) is 1.40. The van der Waals surface area contributed by atoms with Gasteiger partial charge in [0, 0.05) is 17.8 Å². The Morgan fingerprint density at radius 1 is 1.03 bits per heavy atom. The second kappa shape index (κ2) is 9.88. The number of hydrogen-bond acceptors (Lipinski definition) is 6. The SMILES string of the molecule is CCCCCn1c(-c2cccc3nc(Nc4cccc(C)c4)sc23)nc2cc(C(=O)OC)ccc21. The quantitative estimate of drug-likeness (QED) is 0.184. The van der Waals surface area contributed by atoms with Crippen LogP contribution in [0.2, 0.25) is 0 Å². The van der Waals surface area contributed by atoms with E-state index in [9.17, 15) is 4.79 Å². The minimum atomic E-state index is -0.356. The fourth-order valence-corrected chi connectivity index (χ4v) is 5.35. The van der Waals surface area contributed by atoms with Gasteiger partial charge in [0.05, 0.1) is 33.9 Å². The normalized spacial score (nSPS) is 11.3. The van der Waals surface area contributed by atoms with Gasteiger partial charge in [0.15, 0.2) is 5.13 Å². The average molecular weight is 485 g/mol. The molecule has 3 aromatic carbocycles. The summed E-state index contributed by atoms with van der Waals surface area (Å²) >= 11 is 1.63. The molecule has 0 fully saturated rings. The van der Waals surface area contributed by atoms with Crippen LogP contribution in [-0.2, 0) is 11.3 Å². The van der Waals surface area contributed by atoms with Crippen LogP contribution in [-0.4, -0.2) is 27.6 Å². The number of rotatable bonds is 8. The van der Waals surface area contributed by atoms with E-state index in [0.717, 1.165) is 69.3 Å². The number of aryl methyl sites for hydroxylation is 2. The summed E-state index contributed by atoms with van der Waals surface area (Å²) in [5.41, 5.74) is 6.51. The van der Waals surface area contributed by atoms with Gasteiger partial charge in [-0.2, -0.15) is 0 Å². The van der Waals surface area contributed by atoms with E-state index >= 15 is 0 Å². The number of esters is 1. The molecule has 6 nitrogen and oxygen atoms in total. The zero-order chi connectivity index (χ0) is 24.4. The molecule has 2 heterocycles. The molecule has 7 heteroatoms. The van der Waals surface area contributed by atoms with Crippen LogP contribution in [0.5, 0.6) is 0 Å². The lowest BCUT2D eigenvalue weighted by molar-refractivity contribution is 0.0601. The number of nitrogens with zero attached hydrogens (tertiary/aromatic N) is 3. The van der Waals surface area contributed by atoms with Gasteiger partial charge in [-0.05, 0) is 61.4 Å². The topological polar surface area (TPSA) is 69.0 Å². The molecule has 35 heavy (non-hydrogen) atoms. The Labute approximate surface area is 208 Å². The molecule has 0 unspecified atom stereocenters. The number of imidazole rings is 1. The molecule has 0 spiro atoms. The number of hydrogen-bond donors (Lipinski definition) is 1. The molecule has 0 radical (unpaired) electrons. The maximum Gasteiger partial charge on any atom is 0.337 e. The number of thiazole rings is 1. The Kier molecular flexibility index (Phi) is 6.51. The monoisotopic (exact) mass is 484 g/mol. The first-order valence-electron chi connectivity index (χ1n) is 11.9. The van der Waals surface area contributed by atoms with Crippen molar-refractivity contribution in [3.8, 4) is 11.4 Å². The second-order valence-electron chi connectivity index (χ2n) is 8.66. The van der Waals surface area contributed by atoms with E-state index in [1.54, 1.807) is 11.3 Å². The number of anilines is 2. The molecule has 0 atom stereocenters. The smallest absolute Gasteiger partial charge is 0.337 e. The van der Waals surface area contributed by atoms with Crippen LogP contribution < -0.4 is 5.32 Å². The Morgan fingerprint density at radius 2 is 1.89 bits per heavy atom. The predicted octanol–water partition coefficient (Wildman–Crippen LogP) is 7.34. The van der Waals surface area contributed by atoms with E-state index in [2.05, 4.69) is 41.9 Å². The fraction of sp³-hybridized carbons (Fsp3) is 0.250. The van der Waals surface area contributed by atoms with Crippen LogP contribution in [0.15, 0.2) is 60.7 Å². The van der Waals surface area contributed by atoms with Gasteiger partial charge < -0.3 is 14.6 Å². The van der Waals surface area contributed by atoms with Gasteiger partial charge in [-0.25, -0.2) is 14.8 Å². The van der Waals surface area contributed by atoms with Crippen molar-refractivity contribution in [3.05, 3.63) is 71.8 Å². The lowest BCUT2D eigenvalue weighted by atomic mass is 10.2. The Morgan fingerprint density at radius 3 is 2.69 bits per heavy atom. The summed E-state index contributed by atoms with van der Waals surface area (Å²) in [6, 6.07) is 20.1. The minimum Gasteiger partial charge on any atom is -0.465 e. The number of benzene rings is 3. The highest BCUT2D eigenvalue weighted by molar-refractivity contribution is 7.22. The molecule has 0 amide bonds. The minimum absolute atomic E-state index is 0.356.